The lowest BCUT2D eigenvalue weighted by Crippen LogP contribution is -2.50. The Bertz CT molecular complexity index is 1260. The molecule has 3 rings (SSSR count). The summed E-state index contributed by atoms with van der Waals surface area (Å²) in [7, 11) is -8.06. The molecular weight excluding hydrogens is 481 g/mol. The van der Waals surface area contributed by atoms with Crippen LogP contribution in [0.4, 0.5) is 13.2 Å². The van der Waals surface area contributed by atoms with Crippen LogP contribution in [-0.4, -0.2) is 64.4 Å². The minimum Gasteiger partial charge on any atom is -0.336 e. The first-order valence-electron chi connectivity index (χ1n) is 8.76. The van der Waals surface area contributed by atoms with Crippen molar-refractivity contribution in [1.29, 1.82) is 0 Å². The maximum Gasteiger partial charge on any atom is 0.255 e. The van der Waals surface area contributed by atoms with Crippen LogP contribution in [0.1, 0.15) is 10.4 Å². The van der Waals surface area contributed by atoms with Crippen molar-refractivity contribution in [3.63, 3.8) is 0 Å². The summed E-state index contributed by atoms with van der Waals surface area (Å²) in [6.07, 6.45) is 0.978. The largest absolute Gasteiger partial charge is 0.336 e. The van der Waals surface area contributed by atoms with Crippen LogP contribution in [0.5, 0.6) is 0 Å². The molecule has 1 aliphatic rings. The van der Waals surface area contributed by atoms with Gasteiger partial charge in [-0.05, 0) is 30.3 Å². The molecule has 1 amide bonds. The molecule has 0 bridgehead atoms. The molecule has 2 aromatic rings. The smallest absolute Gasteiger partial charge is 0.255 e. The zero-order valence-corrected chi connectivity index (χ0v) is 18.4. The lowest BCUT2D eigenvalue weighted by Gasteiger charge is -2.34. The molecule has 0 atom stereocenters. The van der Waals surface area contributed by atoms with E-state index in [9.17, 15) is 34.8 Å². The van der Waals surface area contributed by atoms with Crippen LogP contribution in [0.15, 0.2) is 40.1 Å². The van der Waals surface area contributed by atoms with E-state index in [-0.39, 0.29) is 41.7 Å². The second-order valence-electron chi connectivity index (χ2n) is 6.78. The second kappa shape index (κ2) is 8.41. The van der Waals surface area contributed by atoms with Gasteiger partial charge in [-0.3, -0.25) is 4.79 Å². The number of hydrogen-bond acceptors (Lipinski definition) is 5. The number of piperazine rings is 1. The van der Waals surface area contributed by atoms with Gasteiger partial charge in [0.2, 0.25) is 10.0 Å². The molecule has 0 unspecified atom stereocenters. The standard InChI is InChI=1S/C18H16ClF3N2O5S2/c1-30(26,27)11-2-3-13(19)12(10-11)18(25)23-6-8-24(9-7-23)31(28,29)15-5-4-14(20)16(21)17(15)22/h2-5,10H,6-9H2,1H3. The Hall–Kier alpha value is -2.15. The van der Waals surface area contributed by atoms with E-state index in [4.69, 9.17) is 11.6 Å². The van der Waals surface area contributed by atoms with Gasteiger partial charge in [0, 0.05) is 32.4 Å². The highest BCUT2D eigenvalue weighted by atomic mass is 35.5. The molecule has 1 saturated heterocycles. The van der Waals surface area contributed by atoms with Gasteiger partial charge in [0.15, 0.2) is 27.3 Å². The van der Waals surface area contributed by atoms with Crippen molar-refractivity contribution in [2.45, 2.75) is 9.79 Å². The first-order chi connectivity index (χ1) is 14.3. The minimum absolute atomic E-state index is 0.0244. The number of sulfone groups is 1. The quantitative estimate of drug-likeness (QED) is 0.606. The highest BCUT2D eigenvalue weighted by molar-refractivity contribution is 7.90. The van der Waals surface area contributed by atoms with Crippen LogP contribution >= 0.6 is 11.6 Å². The summed E-state index contributed by atoms with van der Waals surface area (Å²) in [4.78, 5) is 12.9. The summed E-state index contributed by atoms with van der Waals surface area (Å²) >= 11 is 6.03. The average molecular weight is 497 g/mol. The Morgan fingerprint density at radius 1 is 0.935 bits per heavy atom. The van der Waals surface area contributed by atoms with E-state index in [0.29, 0.717) is 12.1 Å². The highest BCUT2D eigenvalue weighted by Crippen LogP contribution is 2.26. The molecular formula is C18H16ClF3N2O5S2. The summed E-state index contributed by atoms with van der Waals surface area (Å²) < 4.78 is 90.1. The van der Waals surface area contributed by atoms with Crippen molar-refractivity contribution in [3.05, 3.63) is 58.4 Å². The monoisotopic (exact) mass is 496 g/mol. The molecule has 13 heteroatoms. The minimum atomic E-state index is -4.47. The maximum atomic E-state index is 14.0. The SMILES string of the molecule is CS(=O)(=O)c1ccc(Cl)c(C(=O)N2CCN(S(=O)(=O)c3ccc(F)c(F)c3F)CC2)c1. The molecule has 1 aliphatic heterocycles. The summed E-state index contributed by atoms with van der Waals surface area (Å²) in [5.41, 5.74) is -0.0625. The van der Waals surface area contributed by atoms with E-state index in [0.717, 1.165) is 16.6 Å². The third-order valence-corrected chi connectivity index (χ3v) is 8.10. The summed E-state index contributed by atoms with van der Waals surface area (Å²) in [5.74, 6) is -5.83. The number of nitrogens with zero attached hydrogens (tertiary/aromatic N) is 2. The number of benzene rings is 2. The normalized spacial score (nSPS) is 15.8. The van der Waals surface area contributed by atoms with Crippen molar-refractivity contribution in [1.82, 2.24) is 9.21 Å². The Balaban J connectivity index is 1.80. The van der Waals surface area contributed by atoms with Crippen molar-refractivity contribution < 1.29 is 34.8 Å². The first kappa shape index (κ1) is 23.5. The number of sulfonamides is 1. The van der Waals surface area contributed by atoms with Gasteiger partial charge in [0.05, 0.1) is 15.5 Å². The molecule has 0 saturated carbocycles. The van der Waals surface area contributed by atoms with Crippen molar-refractivity contribution >= 4 is 37.4 Å². The van der Waals surface area contributed by atoms with Gasteiger partial charge in [-0.1, -0.05) is 11.6 Å². The fourth-order valence-electron chi connectivity index (χ4n) is 3.05. The first-order valence-corrected chi connectivity index (χ1v) is 12.5. The van der Waals surface area contributed by atoms with Crippen LogP contribution in [0.2, 0.25) is 5.02 Å². The third kappa shape index (κ3) is 4.56. The van der Waals surface area contributed by atoms with Crippen molar-refractivity contribution in [3.8, 4) is 0 Å². The highest BCUT2D eigenvalue weighted by Gasteiger charge is 2.34. The molecule has 7 nitrogen and oxygen atoms in total. The van der Waals surface area contributed by atoms with Gasteiger partial charge in [-0.2, -0.15) is 4.31 Å². The van der Waals surface area contributed by atoms with E-state index < -0.39 is 48.1 Å². The van der Waals surface area contributed by atoms with Gasteiger partial charge in [-0.15, -0.1) is 0 Å². The van der Waals surface area contributed by atoms with Crippen LogP contribution in [0.25, 0.3) is 0 Å². The fraction of sp³-hybridized carbons (Fsp3) is 0.278. The van der Waals surface area contributed by atoms with Gasteiger partial charge in [-0.25, -0.2) is 30.0 Å². The molecule has 2 aromatic carbocycles. The molecule has 1 heterocycles. The summed E-state index contributed by atoms with van der Waals surface area (Å²) in [6, 6.07) is 4.83. The van der Waals surface area contributed by atoms with Crippen LogP contribution < -0.4 is 0 Å². The average Bonchev–Trinajstić information content (AvgIpc) is 2.71. The van der Waals surface area contributed by atoms with E-state index in [2.05, 4.69) is 0 Å². The Morgan fingerprint density at radius 3 is 2.13 bits per heavy atom. The predicted octanol–water partition coefficient (Wildman–Crippen LogP) is 2.31. The van der Waals surface area contributed by atoms with Crippen LogP contribution in [-0.2, 0) is 19.9 Å². The van der Waals surface area contributed by atoms with Crippen LogP contribution in [0, 0.1) is 17.5 Å². The van der Waals surface area contributed by atoms with E-state index in [1.807, 2.05) is 0 Å². The van der Waals surface area contributed by atoms with Gasteiger partial charge < -0.3 is 4.90 Å². The maximum absolute atomic E-state index is 14.0. The van der Waals surface area contributed by atoms with Gasteiger partial charge >= 0.3 is 0 Å². The predicted molar refractivity (Wildman–Crippen MR) is 106 cm³/mol. The van der Waals surface area contributed by atoms with Crippen LogP contribution in [0.3, 0.4) is 0 Å². The number of carbonyl (C=O) groups is 1. The number of halogens is 4. The number of rotatable bonds is 4. The van der Waals surface area contributed by atoms with E-state index in [1.54, 1.807) is 0 Å². The lowest BCUT2D eigenvalue weighted by molar-refractivity contribution is 0.0697. The molecule has 0 radical (unpaired) electrons. The third-order valence-electron chi connectivity index (χ3n) is 4.74. The Morgan fingerprint density at radius 2 is 1.55 bits per heavy atom. The Kier molecular flexibility index (Phi) is 6.38. The van der Waals surface area contributed by atoms with E-state index in [1.165, 1.54) is 17.0 Å². The fourth-order valence-corrected chi connectivity index (χ4v) is 5.37. The molecule has 168 valence electrons. The Labute approximate surface area is 182 Å². The molecule has 0 aliphatic carbocycles. The number of hydrogen-bond donors (Lipinski definition) is 0. The van der Waals surface area contributed by atoms with Crippen molar-refractivity contribution in [2.24, 2.45) is 0 Å². The van der Waals surface area contributed by atoms with E-state index >= 15 is 0 Å². The zero-order chi connectivity index (χ0) is 23.1. The zero-order valence-electron chi connectivity index (χ0n) is 16.0. The van der Waals surface area contributed by atoms with Crippen molar-refractivity contribution in [2.75, 3.05) is 32.4 Å². The summed E-state index contributed by atoms with van der Waals surface area (Å²) in [6.45, 7) is -0.697. The lowest BCUT2D eigenvalue weighted by atomic mass is 10.2. The molecule has 1 fully saturated rings. The number of carbonyl (C=O) groups excluding carboxylic acids is 1. The summed E-state index contributed by atoms with van der Waals surface area (Å²) in [5, 5.41) is 0.0244. The van der Waals surface area contributed by atoms with Gasteiger partial charge in [0.1, 0.15) is 4.90 Å². The topological polar surface area (TPSA) is 91.8 Å². The molecule has 0 spiro atoms. The number of amides is 1. The molecule has 0 N–H and O–H groups in total. The molecule has 0 aromatic heterocycles. The molecule has 31 heavy (non-hydrogen) atoms. The van der Waals surface area contributed by atoms with Gasteiger partial charge in [0.25, 0.3) is 5.91 Å². The second-order valence-corrected chi connectivity index (χ2v) is 11.1.